The number of benzene rings is 1. The van der Waals surface area contributed by atoms with E-state index in [9.17, 15) is 24.0 Å². The zero-order valence-electron chi connectivity index (χ0n) is 29.3. The highest BCUT2D eigenvalue weighted by molar-refractivity contribution is 5.98. The summed E-state index contributed by atoms with van der Waals surface area (Å²) in [5, 5.41) is 5.93. The number of likely N-dealkylation sites (N-methyl/N-ethyl adjacent to an activating group) is 3. The summed E-state index contributed by atoms with van der Waals surface area (Å²) in [6.07, 6.45) is 1.31. The molecule has 10 nitrogen and oxygen atoms in total. The number of hydrogen-bond donors (Lipinski definition) is 2. The standard InChI is InChI=1S/C35H57N5O5/c1-21(2)17-26-33(43)38(9)28(18-22(3)4)31(41)36-27(20-25-15-13-12-14-16-25)34(44)39(10)29(19-23(5)6)35(45)40(11)30(24(7)8)32(42)37-26/h12-16,21-24,26-30H,17-20H2,1-11H3,(H,36,41)(H,37,42)/t26-,27-,28-,29-,30-/m1/s1. The zero-order chi connectivity index (χ0) is 34.2. The van der Waals surface area contributed by atoms with Crippen LogP contribution in [0.4, 0.5) is 0 Å². The molecule has 2 N–H and O–H groups in total. The van der Waals surface area contributed by atoms with Crippen molar-refractivity contribution >= 4 is 29.5 Å². The fourth-order valence-corrected chi connectivity index (χ4v) is 6.12. The van der Waals surface area contributed by atoms with Crippen LogP contribution in [-0.4, -0.2) is 95.6 Å². The molecule has 0 spiro atoms. The van der Waals surface area contributed by atoms with E-state index in [1.54, 1.807) is 21.1 Å². The maximum atomic E-state index is 14.3. The van der Waals surface area contributed by atoms with Crippen molar-refractivity contribution < 1.29 is 24.0 Å². The zero-order valence-corrected chi connectivity index (χ0v) is 29.3. The number of carbonyl (C=O) groups is 5. The largest absolute Gasteiger partial charge is 0.342 e. The molecule has 0 bridgehead atoms. The first-order chi connectivity index (χ1) is 21.0. The van der Waals surface area contributed by atoms with E-state index >= 15 is 0 Å². The molecular formula is C35H57N5O5. The van der Waals surface area contributed by atoms with E-state index in [1.165, 1.54) is 14.7 Å². The number of amides is 5. The fourth-order valence-electron chi connectivity index (χ4n) is 6.12. The van der Waals surface area contributed by atoms with Gasteiger partial charge in [-0.2, -0.15) is 0 Å². The summed E-state index contributed by atoms with van der Waals surface area (Å²) >= 11 is 0. The van der Waals surface area contributed by atoms with Gasteiger partial charge in [0.1, 0.15) is 30.2 Å². The lowest BCUT2D eigenvalue weighted by molar-refractivity contribution is -0.150. The summed E-state index contributed by atoms with van der Waals surface area (Å²) in [5.41, 5.74) is 0.850. The summed E-state index contributed by atoms with van der Waals surface area (Å²) in [6.45, 7) is 15.6. The Morgan fingerprint density at radius 1 is 0.578 bits per heavy atom. The van der Waals surface area contributed by atoms with Crippen molar-refractivity contribution in [3.8, 4) is 0 Å². The van der Waals surface area contributed by atoms with Crippen molar-refractivity contribution in [3.05, 3.63) is 35.9 Å². The van der Waals surface area contributed by atoms with Crippen molar-refractivity contribution in [1.29, 1.82) is 0 Å². The maximum absolute atomic E-state index is 14.3. The second-order valence-electron chi connectivity index (χ2n) is 14.3. The molecule has 252 valence electrons. The van der Waals surface area contributed by atoms with Gasteiger partial charge in [-0.25, -0.2) is 0 Å². The molecule has 0 aromatic heterocycles. The minimum atomic E-state index is -0.979. The van der Waals surface area contributed by atoms with Crippen molar-refractivity contribution in [3.63, 3.8) is 0 Å². The summed E-state index contributed by atoms with van der Waals surface area (Å²) in [5.74, 6) is -2.12. The Morgan fingerprint density at radius 2 is 1.04 bits per heavy atom. The third-order valence-corrected chi connectivity index (χ3v) is 8.49. The fraction of sp³-hybridized carbons (Fsp3) is 0.686. The topological polar surface area (TPSA) is 119 Å². The van der Waals surface area contributed by atoms with Gasteiger partial charge in [-0.05, 0) is 48.5 Å². The number of hydrogen-bond acceptors (Lipinski definition) is 5. The maximum Gasteiger partial charge on any atom is 0.245 e. The number of nitrogens with one attached hydrogen (secondary N) is 2. The van der Waals surface area contributed by atoms with Crippen LogP contribution < -0.4 is 10.6 Å². The minimum absolute atomic E-state index is 0.0641. The van der Waals surface area contributed by atoms with Crippen LogP contribution in [0.2, 0.25) is 0 Å². The van der Waals surface area contributed by atoms with Gasteiger partial charge in [-0.1, -0.05) is 85.7 Å². The molecule has 1 heterocycles. The third-order valence-electron chi connectivity index (χ3n) is 8.49. The molecule has 1 aliphatic rings. The summed E-state index contributed by atoms with van der Waals surface area (Å²) in [6, 6.07) is 4.93. The van der Waals surface area contributed by atoms with Gasteiger partial charge in [0.25, 0.3) is 0 Å². The molecule has 2 rings (SSSR count). The average molecular weight is 628 g/mol. The van der Waals surface area contributed by atoms with Gasteiger partial charge in [-0.15, -0.1) is 0 Å². The van der Waals surface area contributed by atoms with Gasteiger partial charge in [0.2, 0.25) is 29.5 Å². The van der Waals surface area contributed by atoms with Crippen LogP contribution in [0.3, 0.4) is 0 Å². The van der Waals surface area contributed by atoms with Gasteiger partial charge in [-0.3, -0.25) is 24.0 Å². The van der Waals surface area contributed by atoms with E-state index in [1.807, 2.05) is 85.7 Å². The van der Waals surface area contributed by atoms with Crippen LogP contribution in [0.15, 0.2) is 30.3 Å². The SMILES string of the molecule is CC(C)C[C@@H]1C(=O)N[C@H](Cc2ccccc2)C(=O)N(C)[C@H](CC(C)C)C(=O)N(C)[C@H](C(C)C)C(=O)N[C@H](CC(C)C)C(=O)N1C. The lowest BCUT2D eigenvalue weighted by Gasteiger charge is -2.37. The molecule has 0 radical (unpaired) electrons. The molecule has 5 atom stereocenters. The first-order valence-corrected chi connectivity index (χ1v) is 16.4. The molecule has 10 heteroatoms. The van der Waals surface area contributed by atoms with Crippen LogP contribution in [0, 0.1) is 23.7 Å². The Kier molecular flexibility index (Phi) is 14.1. The number of carbonyl (C=O) groups excluding carboxylic acids is 5. The molecule has 0 unspecified atom stereocenters. The number of rotatable bonds is 9. The van der Waals surface area contributed by atoms with Gasteiger partial charge in [0.05, 0.1) is 0 Å². The first kappa shape index (κ1) is 37.8. The molecule has 1 fully saturated rings. The lowest BCUT2D eigenvalue weighted by atomic mass is 9.96. The summed E-state index contributed by atoms with van der Waals surface area (Å²) < 4.78 is 0. The van der Waals surface area contributed by atoms with Crippen molar-refractivity contribution in [2.24, 2.45) is 23.7 Å². The van der Waals surface area contributed by atoms with Gasteiger partial charge >= 0.3 is 0 Å². The highest BCUT2D eigenvalue weighted by Crippen LogP contribution is 2.22. The van der Waals surface area contributed by atoms with E-state index in [2.05, 4.69) is 10.6 Å². The van der Waals surface area contributed by atoms with E-state index in [0.29, 0.717) is 19.3 Å². The summed E-state index contributed by atoms with van der Waals surface area (Å²) in [7, 11) is 4.76. The number of nitrogens with zero attached hydrogens (tertiary/aromatic N) is 3. The Bertz CT molecular complexity index is 1170. The molecule has 1 aliphatic heterocycles. The predicted octanol–water partition coefficient (Wildman–Crippen LogP) is 3.49. The quantitative estimate of drug-likeness (QED) is 0.435. The van der Waals surface area contributed by atoms with E-state index in [4.69, 9.17) is 0 Å². The molecule has 0 aliphatic carbocycles. The second-order valence-corrected chi connectivity index (χ2v) is 14.3. The molecular weight excluding hydrogens is 570 g/mol. The molecule has 1 aromatic rings. The lowest BCUT2D eigenvalue weighted by Crippen LogP contribution is -2.59. The molecule has 1 aromatic carbocycles. The van der Waals surface area contributed by atoms with Crippen LogP contribution in [-0.2, 0) is 30.4 Å². The molecule has 5 amide bonds. The Morgan fingerprint density at radius 3 is 1.56 bits per heavy atom. The van der Waals surface area contributed by atoms with Crippen LogP contribution in [0.25, 0.3) is 0 Å². The monoisotopic (exact) mass is 627 g/mol. The van der Waals surface area contributed by atoms with Gasteiger partial charge < -0.3 is 25.3 Å². The van der Waals surface area contributed by atoms with Crippen LogP contribution in [0.5, 0.6) is 0 Å². The average Bonchev–Trinajstić information content (AvgIpc) is 2.95. The second kappa shape index (κ2) is 16.8. The third kappa shape index (κ3) is 10.3. The smallest absolute Gasteiger partial charge is 0.245 e. The predicted molar refractivity (Wildman–Crippen MR) is 177 cm³/mol. The minimum Gasteiger partial charge on any atom is -0.342 e. The normalized spacial score (nSPS) is 24.8. The van der Waals surface area contributed by atoms with E-state index in [0.717, 1.165) is 5.56 Å². The van der Waals surface area contributed by atoms with Gasteiger partial charge in [0.15, 0.2) is 0 Å². The van der Waals surface area contributed by atoms with Gasteiger partial charge in [0, 0.05) is 27.6 Å². The van der Waals surface area contributed by atoms with E-state index < -0.39 is 47.9 Å². The molecule has 0 saturated carbocycles. The van der Waals surface area contributed by atoms with Crippen molar-refractivity contribution in [2.75, 3.05) is 21.1 Å². The first-order valence-electron chi connectivity index (χ1n) is 16.4. The van der Waals surface area contributed by atoms with Crippen LogP contribution in [0.1, 0.15) is 80.2 Å². The Hall–Kier alpha value is -3.43. The van der Waals surface area contributed by atoms with Crippen molar-refractivity contribution in [2.45, 2.75) is 111 Å². The van der Waals surface area contributed by atoms with E-state index in [-0.39, 0.29) is 41.9 Å². The molecule has 1 saturated heterocycles. The highest BCUT2D eigenvalue weighted by atomic mass is 16.2. The Balaban J connectivity index is 2.77. The summed E-state index contributed by atoms with van der Waals surface area (Å²) in [4.78, 5) is 74.8. The molecule has 45 heavy (non-hydrogen) atoms. The van der Waals surface area contributed by atoms with Crippen molar-refractivity contribution in [1.82, 2.24) is 25.3 Å². The highest BCUT2D eigenvalue weighted by Gasteiger charge is 2.41. The Labute approximate surface area is 270 Å². The van der Waals surface area contributed by atoms with Crippen LogP contribution >= 0.6 is 0 Å².